The van der Waals surface area contributed by atoms with Gasteiger partial charge in [0.1, 0.15) is 0 Å². The molecule has 0 aromatic rings. The van der Waals surface area contributed by atoms with E-state index in [2.05, 4.69) is 26.9 Å². The molecule has 0 rings (SSSR count). The van der Waals surface area contributed by atoms with Crippen molar-refractivity contribution in [3.8, 4) is 0 Å². The molecule has 0 aromatic heterocycles. The molecule has 328 valence electrons. The van der Waals surface area contributed by atoms with E-state index in [0.717, 1.165) is 0 Å². The van der Waals surface area contributed by atoms with Gasteiger partial charge in [0.05, 0.1) is 6.16 Å². The van der Waals surface area contributed by atoms with Gasteiger partial charge < -0.3 is 17.0 Å². The van der Waals surface area contributed by atoms with Crippen LogP contribution in [0.15, 0.2) is 0 Å². The fourth-order valence-electron chi connectivity index (χ4n) is 8.61. The summed E-state index contributed by atoms with van der Waals surface area (Å²) in [5, 5.41) is 0. The molecule has 0 saturated heterocycles. The lowest BCUT2D eigenvalue weighted by Gasteiger charge is -2.10. The quantitative estimate of drug-likeness (QED) is 0.0423. The van der Waals surface area contributed by atoms with Crippen LogP contribution in [0.2, 0.25) is 0 Å². The maximum Gasteiger partial charge on any atom is 0.0586 e. The van der Waals surface area contributed by atoms with Gasteiger partial charge in [0.2, 0.25) is 0 Å². The predicted octanol–water partition coefficient (Wildman–Crippen LogP) is 17.3. The van der Waals surface area contributed by atoms with Crippen LogP contribution in [0, 0.1) is 0 Å². The van der Waals surface area contributed by atoms with Crippen LogP contribution in [0.5, 0.6) is 0 Å². The molecule has 0 unspecified atom stereocenters. The van der Waals surface area contributed by atoms with E-state index in [1.165, 1.54) is 308 Å². The van der Waals surface area contributed by atoms with Gasteiger partial charge in [0, 0.05) is 27.3 Å². The molecule has 0 fully saturated rings. The minimum Gasteiger partial charge on any atom is -1.00 e. The van der Waals surface area contributed by atoms with Gasteiger partial charge in [-0.25, -0.2) is 0 Å². The molecular formula is C52H108BrP. The average molecular weight is 844 g/mol. The van der Waals surface area contributed by atoms with Gasteiger partial charge in [-0.2, -0.15) is 0 Å². The van der Waals surface area contributed by atoms with E-state index in [1.807, 2.05) is 0 Å². The summed E-state index contributed by atoms with van der Waals surface area (Å²) in [5.41, 5.74) is 0. The van der Waals surface area contributed by atoms with E-state index in [0.29, 0.717) is 0 Å². The second-order valence-electron chi connectivity index (χ2n) is 19.3. The third kappa shape index (κ3) is 55.0. The van der Waals surface area contributed by atoms with E-state index in [-0.39, 0.29) is 17.0 Å². The average Bonchev–Trinajstić information content (AvgIpc) is 3.14. The summed E-state index contributed by atoms with van der Waals surface area (Å²) >= 11 is 0. The number of hydrogen-bond donors (Lipinski definition) is 0. The smallest absolute Gasteiger partial charge is 0.0586 e. The summed E-state index contributed by atoms with van der Waals surface area (Å²) in [6.45, 7) is 9.77. The maximum absolute atomic E-state index is 2.49. The van der Waals surface area contributed by atoms with Gasteiger partial charge in [-0.3, -0.25) is 0 Å². The van der Waals surface area contributed by atoms with Crippen LogP contribution in [0.1, 0.15) is 309 Å². The van der Waals surface area contributed by atoms with E-state index >= 15 is 0 Å². The molecule has 2 heteroatoms. The van der Waals surface area contributed by atoms with Gasteiger partial charge in [0.15, 0.2) is 0 Å². The molecule has 0 spiro atoms. The molecule has 0 saturated carbocycles. The Labute approximate surface area is 357 Å². The van der Waals surface area contributed by atoms with E-state index < -0.39 is 7.26 Å². The molecule has 0 atom stereocenters. The van der Waals surface area contributed by atoms with Crippen LogP contribution >= 0.6 is 7.26 Å². The predicted molar refractivity (Wildman–Crippen MR) is 252 cm³/mol. The topological polar surface area (TPSA) is 0 Å². The van der Waals surface area contributed by atoms with Crippen molar-refractivity contribution in [3.05, 3.63) is 0 Å². The Kier molecular flexibility index (Phi) is 52.8. The van der Waals surface area contributed by atoms with Crippen molar-refractivity contribution in [2.45, 2.75) is 309 Å². The molecule has 0 nitrogen and oxygen atoms in total. The van der Waals surface area contributed by atoms with Gasteiger partial charge in [-0.1, -0.05) is 296 Å². The molecule has 0 aliphatic carbocycles. The van der Waals surface area contributed by atoms with Crippen molar-refractivity contribution in [2.75, 3.05) is 26.2 Å². The van der Waals surface area contributed by atoms with E-state index in [4.69, 9.17) is 0 Å². The fraction of sp³-hybridized carbons (Fsp3) is 1.00. The summed E-state index contributed by atoms with van der Waals surface area (Å²) in [7, 11) is -0.525. The van der Waals surface area contributed by atoms with Crippen LogP contribution in [-0.2, 0) is 0 Å². The highest BCUT2D eigenvalue weighted by atomic mass is 79.9. The number of unbranched alkanes of at least 4 members (excludes halogenated alkanes) is 46. The molecule has 0 aliphatic heterocycles. The van der Waals surface area contributed by atoms with E-state index in [9.17, 15) is 0 Å². The summed E-state index contributed by atoms with van der Waals surface area (Å²) in [6.07, 6.45) is 71.6. The Morgan fingerprint density at radius 3 is 0.407 bits per heavy atom. The van der Waals surface area contributed by atoms with Crippen molar-refractivity contribution in [1.29, 1.82) is 0 Å². The SMILES string of the molecule is CCCCCCCCCCCCCCCCCCCCCCCCCCCCCCCCCCCCCCCCCCCCCCCCC[P+](C)(C)C.[Br-]. The van der Waals surface area contributed by atoms with Gasteiger partial charge in [-0.15, -0.1) is 0 Å². The zero-order valence-electron chi connectivity index (χ0n) is 38.8. The molecule has 0 bridgehead atoms. The summed E-state index contributed by atoms with van der Waals surface area (Å²) < 4.78 is 0. The lowest BCUT2D eigenvalue weighted by Crippen LogP contribution is -3.00. The van der Waals surface area contributed by atoms with Crippen LogP contribution in [-0.4, -0.2) is 26.2 Å². The minimum atomic E-state index is -0.525. The molecule has 0 amide bonds. The third-order valence-corrected chi connectivity index (χ3v) is 14.1. The number of halogens is 1. The molecule has 0 N–H and O–H groups in total. The normalized spacial score (nSPS) is 11.8. The molecule has 0 radical (unpaired) electrons. The molecule has 54 heavy (non-hydrogen) atoms. The third-order valence-electron chi connectivity index (χ3n) is 12.4. The second kappa shape index (κ2) is 50.1. The first-order valence-electron chi connectivity index (χ1n) is 25.9. The standard InChI is InChI=1S/C52H108P.BrH/c1-5-6-7-8-9-10-11-12-13-14-15-16-17-18-19-20-21-22-23-24-25-26-27-28-29-30-31-32-33-34-35-36-37-38-39-40-41-42-43-44-45-46-47-48-49-50-51-52-53(2,3)4;/h5-52H2,1-4H3;1H/q+1;/p-1. The van der Waals surface area contributed by atoms with Crippen molar-refractivity contribution in [3.63, 3.8) is 0 Å². The van der Waals surface area contributed by atoms with Crippen LogP contribution in [0.3, 0.4) is 0 Å². The van der Waals surface area contributed by atoms with Crippen molar-refractivity contribution in [2.24, 2.45) is 0 Å². The van der Waals surface area contributed by atoms with Crippen molar-refractivity contribution < 1.29 is 17.0 Å². The first-order valence-corrected chi connectivity index (χ1v) is 29.2. The Hall–Kier alpha value is 0.910. The summed E-state index contributed by atoms with van der Waals surface area (Å²) in [6, 6.07) is 0. The number of hydrogen-bond acceptors (Lipinski definition) is 0. The molecular weight excluding hydrogens is 735 g/mol. The van der Waals surface area contributed by atoms with Crippen LogP contribution in [0.4, 0.5) is 0 Å². The monoisotopic (exact) mass is 843 g/mol. The lowest BCUT2D eigenvalue weighted by molar-refractivity contribution is -0.0000120. The van der Waals surface area contributed by atoms with E-state index in [1.54, 1.807) is 0 Å². The van der Waals surface area contributed by atoms with Gasteiger partial charge in [-0.05, 0) is 12.8 Å². The summed E-state index contributed by atoms with van der Waals surface area (Å²) in [4.78, 5) is 0. The molecule has 0 aliphatic rings. The number of rotatable bonds is 48. The van der Waals surface area contributed by atoms with Crippen LogP contribution in [0.25, 0.3) is 0 Å². The Morgan fingerprint density at radius 1 is 0.185 bits per heavy atom. The minimum absolute atomic E-state index is 0. The van der Waals surface area contributed by atoms with Crippen LogP contribution < -0.4 is 17.0 Å². The first-order chi connectivity index (χ1) is 26.1. The fourth-order valence-corrected chi connectivity index (χ4v) is 9.79. The van der Waals surface area contributed by atoms with Crippen molar-refractivity contribution in [1.82, 2.24) is 0 Å². The Balaban J connectivity index is 0. The molecule has 0 aromatic carbocycles. The zero-order chi connectivity index (χ0) is 38.4. The Morgan fingerprint density at radius 2 is 0.296 bits per heavy atom. The zero-order valence-corrected chi connectivity index (χ0v) is 41.2. The molecule has 0 heterocycles. The maximum atomic E-state index is 2.49. The Bertz CT molecular complexity index is 626. The summed E-state index contributed by atoms with van der Waals surface area (Å²) in [5.74, 6) is 0. The highest BCUT2D eigenvalue weighted by Crippen LogP contribution is 2.47. The highest BCUT2D eigenvalue weighted by Gasteiger charge is 2.15. The van der Waals surface area contributed by atoms with Crippen molar-refractivity contribution >= 4 is 7.26 Å². The lowest BCUT2D eigenvalue weighted by atomic mass is 10.0. The van der Waals surface area contributed by atoms with Gasteiger partial charge >= 0.3 is 0 Å². The van der Waals surface area contributed by atoms with Gasteiger partial charge in [0.25, 0.3) is 0 Å². The highest BCUT2D eigenvalue weighted by molar-refractivity contribution is 7.73. The second-order valence-corrected chi connectivity index (χ2v) is 24.3. The first kappa shape index (κ1) is 57.0. The largest absolute Gasteiger partial charge is 1.00 e.